The minimum atomic E-state index is -2.54. The Morgan fingerprint density at radius 3 is 1.29 bits per heavy atom. The van der Waals surface area contributed by atoms with Crippen LogP contribution >= 0.6 is 0 Å². The van der Waals surface area contributed by atoms with Crippen LogP contribution in [0.15, 0.2) is 96.6 Å². The van der Waals surface area contributed by atoms with Crippen molar-refractivity contribution in [3.8, 4) is 0 Å². The van der Waals surface area contributed by atoms with Crippen molar-refractivity contribution in [2.75, 3.05) is 0 Å². The first-order valence-corrected chi connectivity index (χ1v) is 19.1. The van der Waals surface area contributed by atoms with E-state index in [2.05, 4.69) is 146 Å². The summed E-state index contributed by atoms with van der Waals surface area (Å²) in [5, 5.41) is 4.57. The van der Waals surface area contributed by atoms with E-state index >= 15 is 0 Å². The second kappa shape index (κ2) is 15.0. The van der Waals surface area contributed by atoms with Gasteiger partial charge in [-0.15, -0.1) is 0 Å². The van der Waals surface area contributed by atoms with Crippen LogP contribution in [0, 0.1) is 5.92 Å². The van der Waals surface area contributed by atoms with E-state index in [9.17, 15) is 0 Å². The third kappa shape index (κ3) is 7.01. The number of allylic oxidation sites excluding steroid dienone is 4. The van der Waals surface area contributed by atoms with Crippen LogP contribution < -0.4 is 15.6 Å². The van der Waals surface area contributed by atoms with Gasteiger partial charge in [0.05, 0.1) is 0 Å². The fourth-order valence-corrected chi connectivity index (χ4v) is 14.1. The fourth-order valence-electron chi connectivity index (χ4n) is 6.49. The molecule has 0 N–H and O–H groups in total. The molecule has 2 heteroatoms. The van der Waals surface area contributed by atoms with Gasteiger partial charge < -0.3 is 0 Å². The average molecular weight is 596 g/mol. The third-order valence-corrected chi connectivity index (χ3v) is 16.7. The summed E-state index contributed by atoms with van der Waals surface area (Å²) in [6, 6.07) is 29.6. The molecule has 0 aromatic heterocycles. The van der Waals surface area contributed by atoms with Crippen molar-refractivity contribution in [3.63, 3.8) is 0 Å². The monoisotopic (exact) mass is 595 g/mol. The molecule has 215 valence electrons. The standard InChI is InChI=1S/C39H51Si.Ti/c1-6-10-13-32-16-23-36(24-17-32)40(39-29-22-35(30-39)31(5)9-4,37-25-18-33(19-26-37)14-11-7-2)38-27-20-34(21-28-38)15-12-8-3;/h16-31H,6-15H2,1-5H3;. The van der Waals surface area contributed by atoms with Crippen molar-refractivity contribution in [3.05, 3.63) is 113 Å². The molecule has 2 atom stereocenters. The van der Waals surface area contributed by atoms with Crippen molar-refractivity contribution in [2.24, 2.45) is 5.92 Å². The zero-order valence-corrected chi connectivity index (χ0v) is 28.9. The molecule has 0 amide bonds. The Labute approximate surface area is 264 Å². The van der Waals surface area contributed by atoms with E-state index < -0.39 is 8.07 Å². The molecule has 0 nitrogen and oxygen atoms in total. The second-order valence-corrected chi connectivity index (χ2v) is 18.4. The Morgan fingerprint density at radius 2 is 0.976 bits per heavy atom. The van der Waals surface area contributed by atoms with Crippen molar-refractivity contribution in [1.29, 1.82) is 0 Å². The molecule has 0 fully saturated rings. The Hall–Kier alpha value is -1.93. The van der Waals surface area contributed by atoms with Gasteiger partial charge in [0.1, 0.15) is 0 Å². The maximum atomic E-state index is 2.66. The van der Waals surface area contributed by atoms with Gasteiger partial charge in [0.2, 0.25) is 0 Å². The summed E-state index contributed by atoms with van der Waals surface area (Å²) in [6.45, 7) is 11.6. The molecular formula is C39H51SiTi. The van der Waals surface area contributed by atoms with Crippen LogP contribution in [0.1, 0.15) is 96.3 Å². The van der Waals surface area contributed by atoms with Crippen LogP contribution in [0.5, 0.6) is 0 Å². The summed E-state index contributed by atoms with van der Waals surface area (Å²) in [5.74, 6) is 0.573. The number of hydrogen-bond donors (Lipinski definition) is 0. The Bertz CT molecular complexity index is 1160. The Balaban J connectivity index is 1.96. The predicted octanol–water partition coefficient (Wildman–Crippen LogP) is 8.97. The molecule has 0 saturated carbocycles. The van der Waals surface area contributed by atoms with Crippen molar-refractivity contribution in [1.82, 2.24) is 0 Å². The van der Waals surface area contributed by atoms with E-state index in [0.717, 1.165) is 0 Å². The van der Waals surface area contributed by atoms with Gasteiger partial charge in [-0.05, 0) is 0 Å². The molecule has 2 unspecified atom stereocenters. The number of unbranched alkanes of at least 4 members (excludes halogenated alkanes) is 3. The van der Waals surface area contributed by atoms with E-state index in [1.54, 1.807) is 0 Å². The van der Waals surface area contributed by atoms with Crippen LogP contribution in [0.3, 0.4) is 0 Å². The van der Waals surface area contributed by atoms with Gasteiger partial charge in [-0.1, -0.05) is 0 Å². The zero-order chi connectivity index (χ0) is 29.3. The van der Waals surface area contributed by atoms with Crippen molar-refractivity contribution >= 4 is 23.6 Å². The molecule has 0 saturated heterocycles. The summed E-state index contributed by atoms with van der Waals surface area (Å²) in [5.41, 5.74) is 5.90. The van der Waals surface area contributed by atoms with Crippen molar-refractivity contribution in [2.45, 2.75) is 102 Å². The third-order valence-electron chi connectivity index (χ3n) is 9.35. The van der Waals surface area contributed by atoms with Crippen LogP contribution in [-0.4, -0.2) is 8.07 Å². The Kier molecular flexibility index (Phi) is 11.7. The molecular weight excluding hydrogens is 544 g/mol. The first-order valence-electron chi connectivity index (χ1n) is 16.4. The van der Waals surface area contributed by atoms with E-state index in [1.165, 1.54) is 102 Å². The molecule has 0 radical (unpaired) electrons. The first-order chi connectivity index (χ1) is 19.9. The molecule has 0 aliphatic heterocycles. The predicted molar refractivity (Wildman–Crippen MR) is 179 cm³/mol. The van der Waals surface area contributed by atoms with Crippen LogP contribution in [0.2, 0.25) is 3.34 Å². The van der Waals surface area contributed by atoms with E-state index in [1.807, 2.05) is 0 Å². The summed E-state index contributed by atoms with van der Waals surface area (Å²) in [6.07, 6.45) is 19.8. The van der Waals surface area contributed by atoms with Gasteiger partial charge in [0, 0.05) is 0 Å². The molecule has 0 bridgehead atoms. The molecule has 3 aromatic rings. The SMILES string of the molecule is CCCCc1ccc([Si](c2ccc(CCCC)cc2)(c2ccc(CCCC)cc2)[C]2([Ti])C=CC(C(C)CC)=C2)cc1. The van der Waals surface area contributed by atoms with Crippen LogP contribution in [0.4, 0.5) is 0 Å². The van der Waals surface area contributed by atoms with Gasteiger partial charge in [0.25, 0.3) is 0 Å². The van der Waals surface area contributed by atoms with Gasteiger partial charge in [-0.2, -0.15) is 0 Å². The van der Waals surface area contributed by atoms with E-state index in [-0.39, 0.29) is 3.34 Å². The van der Waals surface area contributed by atoms with Gasteiger partial charge in [-0.25, -0.2) is 0 Å². The van der Waals surface area contributed by atoms with Crippen molar-refractivity contribution < 1.29 is 20.4 Å². The minimum absolute atomic E-state index is 0.0629. The molecule has 1 aliphatic carbocycles. The average Bonchev–Trinajstić information content (AvgIpc) is 3.42. The number of rotatable bonds is 15. The van der Waals surface area contributed by atoms with Gasteiger partial charge in [-0.3, -0.25) is 0 Å². The maximum absolute atomic E-state index is 2.66. The summed E-state index contributed by atoms with van der Waals surface area (Å²) < 4.78 is -0.0629. The second-order valence-electron chi connectivity index (χ2n) is 12.3. The summed E-state index contributed by atoms with van der Waals surface area (Å²) >= 11 is 2.53. The van der Waals surface area contributed by atoms with Gasteiger partial charge >= 0.3 is 265 Å². The molecule has 0 heterocycles. The van der Waals surface area contributed by atoms with E-state index in [4.69, 9.17) is 0 Å². The van der Waals surface area contributed by atoms with Gasteiger partial charge in [0.15, 0.2) is 0 Å². The first kappa shape index (κ1) is 32.0. The zero-order valence-electron chi connectivity index (χ0n) is 26.3. The van der Waals surface area contributed by atoms with Crippen LogP contribution in [-0.2, 0) is 39.7 Å². The molecule has 0 spiro atoms. The topological polar surface area (TPSA) is 0 Å². The quantitative estimate of drug-likeness (QED) is 0.122. The number of aryl methyl sites for hydroxylation is 3. The fraction of sp³-hybridized carbons (Fsp3) is 0.436. The molecule has 4 rings (SSSR count). The van der Waals surface area contributed by atoms with Crippen LogP contribution in [0.25, 0.3) is 0 Å². The molecule has 3 aromatic carbocycles. The van der Waals surface area contributed by atoms with E-state index in [0.29, 0.717) is 5.92 Å². The molecule has 41 heavy (non-hydrogen) atoms. The molecule has 1 aliphatic rings. The summed E-state index contributed by atoms with van der Waals surface area (Å²) in [4.78, 5) is 0. The normalized spacial score (nSPS) is 17.5. The number of benzene rings is 3. The summed E-state index contributed by atoms with van der Waals surface area (Å²) in [7, 11) is -2.54. The Morgan fingerprint density at radius 1 is 0.610 bits per heavy atom. The number of hydrogen-bond acceptors (Lipinski definition) is 0.